The fraction of sp³-hybridized carbons (Fsp3) is 0.545. The first-order valence-electron chi connectivity index (χ1n) is 5.34. The number of methoxy groups -OCH3 is 1. The number of aromatic nitrogens is 2. The van der Waals surface area contributed by atoms with Crippen molar-refractivity contribution in [3.8, 4) is 6.07 Å². The Bertz CT molecular complexity index is 401. The number of hydrogen-bond donors (Lipinski definition) is 1. The van der Waals surface area contributed by atoms with Crippen molar-refractivity contribution in [3.63, 3.8) is 0 Å². The predicted octanol–water partition coefficient (Wildman–Crippen LogP) is 1.01. The second-order valence-electron chi connectivity index (χ2n) is 3.54. The van der Waals surface area contributed by atoms with Crippen molar-refractivity contribution < 1.29 is 4.74 Å². The van der Waals surface area contributed by atoms with E-state index in [-0.39, 0.29) is 0 Å². The lowest BCUT2D eigenvalue weighted by Gasteiger charge is -2.17. The van der Waals surface area contributed by atoms with E-state index < -0.39 is 0 Å². The summed E-state index contributed by atoms with van der Waals surface area (Å²) >= 11 is 0. The van der Waals surface area contributed by atoms with Crippen LogP contribution >= 0.6 is 0 Å². The molecule has 0 fully saturated rings. The molecule has 17 heavy (non-hydrogen) atoms. The van der Waals surface area contributed by atoms with Crippen LogP contribution in [0.3, 0.4) is 0 Å². The van der Waals surface area contributed by atoms with Gasteiger partial charge in [0.2, 0.25) is 0 Å². The van der Waals surface area contributed by atoms with E-state index in [1.165, 1.54) is 0 Å². The zero-order valence-electron chi connectivity index (χ0n) is 10.4. The van der Waals surface area contributed by atoms with Gasteiger partial charge in [0.25, 0.3) is 0 Å². The maximum absolute atomic E-state index is 8.56. The molecule has 1 N–H and O–H groups in total. The molecule has 92 valence electrons. The molecule has 0 amide bonds. The molecule has 0 aliphatic rings. The topological polar surface area (TPSA) is 74.1 Å². The summed E-state index contributed by atoms with van der Waals surface area (Å²) < 4.78 is 5.02. The van der Waals surface area contributed by atoms with Crippen LogP contribution in [0.1, 0.15) is 12.2 Å². The quantitative estimate of drug-likeness (QED) is 0.793. The van der Waals surface area contributed by atoms with Crippen LogP contribution in [0.4, 0.5) is 11.6 Å². The molecule has 0 unspecified atom stereocenters. The number of hydrogen-bond acceptors (Lipinski definition) is 6. The third-order valence-electron chi connectivity index (χ3n) is 2.24. The highest BCUT2D eigenvalue weighted by molar-refractivity contribution is 5.48. The van der Waals surface area contributed by atoms with Gasteiger partial charge in [0, 0.05) is 33.8 Å². The monoisotopic (exact) mass is 235 g/mol. The second-order valence-corrected chi connectivity index (χ2v) is 3.54. The van der Waals surface area contributed by atoms with Crippen molar-refractivity contribution in [1.82, 2.24) is 9.97 Å². The smallest absolute Gasteiger partial charge is 0.158 e. The molecule has 0 aliphatic heterocycles. The molecular weight excluding hydrogens is 218 g/mol. The van der Waals surface area contributed by atoms with Crippen LogP contribution in [0.25, 0.3) is 0 Å². The van der Waals surface area contributed by atoms with Gasteiger partial charge in [0.15, 0.2) is 5.82 Å². The van der Waals surface area contributed by atoms with Crippen molar-refractivity contribution >= 4 is 11.6 Å². The number of ether oxygens (including phenoxy) is 1. The lowest BCUT2D eigenvalue weighted by atomic mass is 10.4. The van der Waals surface area contributed by atoms with Crippen LogP contribution in [-0.4, -0.2) is 37.7 Å². The van der Waals surface area contributed by atoms with Crippen LogP contribution in [0.15, 0.2) is 6.07 Å². The highest BCUT2D eigenvalue weighted by atomic mass is 16.5. The molecular formula is C11H17N5O. The molecule has 1 aromatic heterocycles. The molecule has 1 rings (SSSR count). The zero-order valence-corrected chi connectivity index (χ0v) is 10.4. The SMILES string of the molecule is CNc1cc(N(C)CCC#N)nc(COC)n1. The van der Waals surface area contributed by atoms with Gasteiger partial charge in [-0.15, -0.1) is 0 Å². The van der Waals surface area contributed by atoms with Gasteiger partial charge < -0.3 is 15.0 Å². The van der Waals surface area contributed by atoms with Crippen molar-refractivity contribution in [3.05, 3.63) is 11.9 Å². The fourth-order valence-electron chi connectivity index (χ4n) is 1.33. The second kappa shape index (κ2) is 6.66. The highest BCUT2D eigenvalue weighted by Gasteiger charge is 2.07. The van der Waals surface area contributed by atoms with Crippen molar-refractivity contribution in [1.29, 1.82) is 5.26 Å². The van der Waals surface area contributed by atoms with Crippen LogP contribution in [0.2, 0.25) is 0 Å². The first kappa shape index (κ1) is 13.2. The maximum atomic E-state index is 8.56. The number of nitrogens with zero attached hydrogens (tertiary/aromatic N) is 4. The van der Waals surface area contributed by atoms with E-state index in [0.29, 0.717) is 25.4 Å². The van der Waals surface area contributed by atoms with E-state index in [1.807, 2.05) is 18.0 Å². The summed E-state index contributed by atoms with van der Waals surface area (Å²) in [5.74, 6) is 2.15. The normalized spacial score (nSPS) is 9.76. The van der Waals surface area contributed by atoms with Gasteiger partial charge in [-0.25, -0.2) is 9.97 Å². The Balaban J connectivity index is 2.89. The predicted molar refractivity (Wildman–Crippen MR) is 65.8 cm³/mol. The molecule has 6 heteroatoms. The van der Waals surface area contributed by atoms with E-state index in [0.717, 1.165) is 11.6 Å². The lowest BCUT2D eigenvalue weighted by Crippen LogP contribution is -2.20. The molecule has 0 bridgehead atoms. The van der Waals surface area contributed by atoms with Crippen LogP contribution in [-0.2, 0) is 11.3 Å². The summed E-state index contributed by atoms with van der Waals surface area (Å²) in [6.45, 7) is 1.01. The minimum absolute atomic E-state index is 0.370. The van der Waals surface area contributed by atoms with Crippen molar-refractivity contribution in [2.45, 2.75) is 13.0 Å². The zero-order chi connectivity index (χ0) is 12.7. The third-order valence-corrected chi connectivity index (χ3v) is 2.24. The minimum Gasteiger partial charge on any atom is -0.377 e. The number of rotatable bonds is 6. The van der Waals surface area contributed by atoms with Gasteiger partial charge in [-0.3, -0.25) is 0 Å². The van der Waals surface area contributed by atoms with Gasteiger partial charge in [-0.1, -0.05) is 0 Å². The summed E-state index contributed by atoms with van der Waals surface area (Å²) in [5, 5.41) is 11.5. The molecule has 0 aliphatic carbocycles. The van der Waals surface area contributed by atoms with Gasteiger partial charge in [-0.05, 0) is 0 Å². The largest absolute Gasteiger partial charge is 0.377 e. The molecule has 0 saturated carbocycles. The molecule has 0 saturated heterocycles. The third kappa shape index (κ3) is 3.89. The van der Waals surface area contributed by atoms with E-state index in [2.05, 4.69) is 21.4 Å². The summed E-state index contributed by atoms with van der Waals surface area (Å²) in [7, 11) is 5.31. The Labute approximate surface area is 101 Å². The van der Waals surface area contributed by atoms with Gasteiger partial charge in [-0.2, -0.15) is 5.26 Å². The maximum Gasteiger partial charge on any atom is 0.158 e. The van der Waals surface area contributed by atoms with Crippen LogP contribution in [0.5, 0.6) is 0 Å². The fourth-order valence-corrected chi connectivity index (χ4v) is 1.33. The Morgan fingerprint density at radius 2 is 2.29 bits per heavy atom. The molecule has 0 atom stereocenters. The Kier molecular flexibility index (Phi) is 5.17. The summed E-state index contributed by atoms with van der Waals surface area (Å²) in [5.41, 5.74) is 0. The van der Waals surface area contributed by atoms with Gasteiger partial charge >= 0.3 is 0 Å². The van der Waals surface area contributed by atoms with Gasteiger partial charge in [0.05, 0.1) is 12.5 Å². The Morgan fingerprint density at radius 1 is 1.53 bits per heavy atom. The van der Waals surface area contributed by atoms with E-state index >= 15 is 0 Å². The van der Waals surface area contributed by atoms with Crippen LogP contribution < -0.4 is 10.2 Å². The molecule has 1 heterocycles. The Morgan fingerprint density at radius 3 is 2.88 bits per heavy atom. The van der Waals surface area contributed by atoms with Crippen LogP contribution in [0, 0.1) is 11.3 Å². The Hall–Kier alpha value is -1.87. The first-order valence-corrected chi connectivity index (χ1v) is 5.34. The van der Waals surface area contributed by atoms with Crippen molar-refractivity contribution in [2.75, 3.05) is 38.0 Å². The summed E-state index contributed by atoms with van der Waals surface area (Å²) in [6, 6.07) is 3.96. The molecule has 0 radical (unpaired) electrons. The molecule has 1 aromatic rings. The number of anilines is 2. The first-order chi connectivity index (χ1) is 8.21. The lowest BCUT2D eigenvalue weighted by molar-refractivity contribution is 0.178. The van der Waals surface area contributed by atoms with E-state index in [1.54, 1.807) is 14.2 Å². The van der Waals surface area contributed by atoms with Crippen molar-refractivity contribution in [2.24, 2.45) is 0 Å². The molecule has 0 aromatic carbocycles. The summed E-state index contributed by atoms with van der Waals surface area (Å²) in [4.78, 5) is 10.6. The van der Waals surface area contributed by atoms with E-state index in [9.17, 15) is 0 Å². The van der Waals surface area contributed by atoms with Gasteiger partial charge in [0.1, 0.15) is 18.2 Å². The van der Waals surface area contributed by atoms with E-state index in [4.69, 9.17) is 10.00 Å². The summed E-state index contributed by atoms with van der Waals surface area (Å²) in [6.07, 6.45) is 0.467. The average molecular weight is 235 g/mol. The standard InChI is InChI=1S/C11H17N5O/c1-13-9-7-11(16(2)6-4-5-12)15-10(14-9)8-17-3/h7H,4,6,8H2,1-3H3,(H,13,14,15). The molecule has 0 spiro atoms. The highest BCUT2D eigenvalue weighted by Crippen LogP contribution is 2.15. The number of nitriles is 1. The number of nitrogens with one attached hydrogen (secondary N) is 1. The average Bonchev–Trinajstić information content (AvgIpc) is 2.35. The molecule has 6 nitrogen and oxygen atoms in total. The minimum atomic E-state index is 0.370.